The highest BCUT2D eigenvalue weighted by atomic mass is 32.2. The van der Waals surface area contributed by atoms with Crippen LogP contribution in [0, 0.1) is 0 Å². The van der Waals surface area contributed by atoms with Gasteiger partial charge < -0.3 is 35.4 Å². The molecule has 224 valence electrons. The molecule has 12 heteroatoms. The third-order valence-electron chi connectivity index (χ3n) is 7.08. The van der Waals surface area contributed by atoms with Crippen molar-refractivity contribution in [3.8, 4) is 0 Å². The number of benzene rings is 1. The number of aliphatic hydroxyl groups excluding tert-OH is 1. The van der Waals surface area contributed by atoms with E-state index in [0.717, 1.165) is 5.56 Å². The van der Waals surface area contributed by atoms with Gasteiger partial charge in [-0.25, -0.2) is 4.79 Å². The van der Waals surface area contributed by atoms with Crippen LogP contribution in [-0.4, -0.2) is 80.0 Å². The third-order valence-corrected chi connectivity index (χ3v) is 12.8. The molecule has 3 unspecified atom stereocenters. The summed E-state index contributed by atoms with van der Waals surface area (Å²) in [7, 11) is -2.44. The Morgan fingerprint density at radius 2 is 1.90 bits per heavy atom. The van der Waals surface area contributed by atoms with E-state index in [4.69, 9.17) is 19.6 Å². The zero-order chi connectivity index (χ0) is 29.9. The molecule has 1 aliphatic heterocycles. The van der Waals surface area contributed by atoms with Crippen LogP contribution in [0.3, 0.4) is 0 Å². The Labute approximate surface area is 242 Å². The van der Waals surface area contributed by atoms with Crippen LogP contribution in [0.5, 0.6) is 0 Å². The van der Waals surface area contributed by atoms with Crippen molar-refractivity contribution in [2.45, 2.75) is 88.0 Å². The topological polar surface area (TPSA) is 149 Å². The Balaban J connectivity index is 2.29. The van der Waals surface area contributed by atoms with E-state index in [1.54, 1.807) is 0 Å². The van der Waals surface area contributed by atoms with Crippen molar-refractivity contribution in [3.63, 3.8) is 0 Å². The minimum Gasteiger partial charge on any atom is -0.445 e. The molecule has 40 heavy (non-hydrogen) atoms. The predicted molar refractivity (Wildman–Crippen MR) is 159 cm³/mol. The fourth-order valence-electron chi connectivity index (χ4n) is 3.85. The monoisotopic (exact) mass is 595 g/mol. The molecule has 5 N–H and O–H groups in total. The number of thioether (sulfide) groups is 1. The normalized spacial score (nSPS) is 23.2. The van der Waals surface area contributed by atoms with Gasteiger partial charge in [0.2, 0.25) is 11.8 Å². The molecule has 1 aromatic rings. The smallest absolute Gasteiger partial charge is 0.407 e. The van der Waals surface area contributed by atoms with Gasteiger partial charge in [0.1, 0.15) is 24.3 Å². The molecule has 2 rings (SSSR count). The van der Waals surface area contributed by atoms with E-state index in [0.29, 0.717) is 12.2 Å². The van der Waals surface area contributed by atoms with Crippen LogP contribution in [0.25, 0.3) is 0 Å². The van der Waals surface area contributed by atoms with Crippen molar-refractivity contribution < 1.29 is 33.4 Å². The van der Waals surface area contributed by atoms with Crippen LogP contribution in [-0.2, 0) is 29.9 Å². The molecule has 5 atom stereocenters. The lowest BCUT2D eigenvalue weighted by Gasteiger charge is -2.49. The zero-order valence-electron chi connectivity index (χ0n) is 24.2. The van der Waals surface area contributed by atoms with Gasteiger partial charge in [-0.05, 0) is 35.9 Å². The van der Waals surface area contributed by atoms with E-state index in [1.807, 2.05) is 30.3 Å². The van der Waals surface area contributed by atoms with Crippen molar-refractivity contribution in [3.05, 3.63) is 48.6 Å². The van der Waals surface area contributed by atoms with Crippen LogP contribution in [0.1, 0.15) is 39.2 Å². The fourth-order valence-corrected chi connectivity index (χ4v) is 6.37. The number of nitrogens with one attached hydrogen (secondary N) is 2. The first-order valence-corrected chi connectivity index (χ1v) is 17.5. The number of primary amides is 1. The number of carbonyl (C=O) groups excluding carboxylic acids is 3. The zero-order valence-corrected chi connectivity index (χ0v) is 26.0. The lowest BCUT2D eigenvalue weighted by molar-refractivity contribution is -0.154. The first kappa shape index (κ1) is 33.8. The van der Waals surface area contributed by atoms with Gasteiger partial charge in [-0.2, -0.15) is 0 Å². The second-order valence-electron chi connectivity index (χ2n) is 11.3. The summed E-state index contributed by atoms with van der Waals surface area (Å²) >= 11 is 1.38. The van der Waals surface area contributed by atoms with Gasteiger partial charge in [-0.1, -0.05) is 63.8 Å². The first-order chi connectivity index (χ1) is 18.7. The number of carbonyl (C=O) groups is 3. The fraction of sp³-hybridized carbons (Fsp3) is 0.607. The van der Waals surface area contributed by atoms with E-state index < -0.39 is 50.1 Å². The summed E-state index contributed by atoms with van der Waals surface area (Å²) in [4.78, 5) is 36.5. The van der Waals surface area contributed by atoms with Gasteiger partial charge in [-0.15, -0.1) is 11.8 Å². The second-order valence-corrected chi connectivity index (χ2v) is 17.3. The average molecular weight is 596 g/mol. The number of rotatable bonds is 14. The number of ether oxygens (including phenoxy) is 2. The predicted octanol–water partition coefficient (Wildman–Crippen LogP) is 3.10. The van der Waals surface area contributed by atoms with E-state index in [1.165, 1.54) is 17.8 Å². The van der Waals surface area contributed by atoms with Crippen LogP contribution in [0.2, 0.25) is 18.1 Å². The molecule has 0 bridgehead atoms. The Kier molecular flexibility index (Phi) is 13.2. The molecule has 1 heterocycles. The molecular weight excluding hydrogens is 550 g/mol. The van der Waals surface area contributed by atoms with Crippen molar-refractivity contribution in [1.82, 2.24) is 10.6 Å². The molecule has 0 aliphatic carbocycles. The molecule has 10 nitrogen and oxygen atoms in total. The second kappa shape index (κ2) is 15.6. The summed E-state index contributed by atoms with van der Waals surface area (Å²) in [5.74, 6) is -0.0899. The van der Waals surface area contributed by atoms with Crippen LogP contribution in [0.4, 0.5) is 4.79 Å². The standard InChI is InChI=1S/C28H45N3O7SSi/c1-7-15-36-27(35)31-23-25(38-40(5,6)28(2,3)4)24(34)20(37-26(23)39-16-11-14-21(29)32)18-30-22(33)17-19-12-9-8-10-13-19/h7-10,12-13,20,23-26,34H,1,11,14-18H2,2-6H3,(H2,29,32)(H,30,33)(H,31,35)/t20?,23?,24-,25?,26+/m0/s1. The van der Waals surface area contributed by atoms with E-state index >= 15 is 0 Å². The molecule has 1 aliphatic rings. The number of aliphatic hydroxyl groups is 1. The van der Waals surface area contributed by atoms with Crippen LogP contribution < -0.4 is 16.4 Å². The summed E-state index contributed by atoms with van der Waals surface area (Å²) in [6, 6.07) is 8.59. The maximum absolute atomic E-state index is 12.7. The molecule has 0 saturated carbocycles. The average Bonchev–Trinajstić information content (AvgIpc) is 2.87. The molecule has 0 spiro atoms. The van der Waals surface area contributed by atoms with Gasteiger partial charge >= 0.3 is 6.09 Å². The summed E-state index contributed by atoms with van der Waals surface area (Å²) in [6.45, 7) is 14.0. The Morgan fingerprint density at radius 3 is 2.50 bits per heavy atom. The molecule has 0 aromatic heterocycles. The molecule has 1 fully saturated rings. The van der Waals surface area contributed by atoms with Crippen LogP contribution >= 0.6 is 11.8 Å². The third kappa shape index (κ3) is 10.5. The van der Waals surface area contributed by atoms with E-state index in [9.17, 15) is 19.5 Å². The Bertz CT molecular complexity index is 990. The summed E-state index contributed by atoms with van der Waals surface area (Å²) < 4.78 is 18.1. The number of amides is 3. The lowest BCUT2D eigenvalue weighted by atomic mass is 9.97. The van der Waals surface area contributed by atoms with Crippen molar-refractivity contribution in [2.24, 2.45) is 5.73 Å². The van der Waals surface area contributed by atoms with Gasteiger partial charge in [-0.3, -0.25) is 9.59 Å². The SMILES string of the molecule is C=CCOC(=O)NC1C(O[Si](C)(C)C(C)(C)C)[C@@H](O)C(CNC(=O)Cc2ccccc2)O[C@@H]1SCCCC(N)=O. The minimum absolute atomic E-state index is 0.0161. The Morgan fingerprint density at radius 1 is 1.23 bits per heavy atom. The quantitative estimate of drug-likeness (QED) is 0.146. The maximum Gasteiger partial charge on any atom is 0.407 e. The van der Waals surface area contributed by atoms with Gasteiger partial charge in [0.25, 0.3) is 0 Å². The van der Waals surface area contributed by atoms with Gasteiger partial charge in [0, 0.05) is 13.0 Å². The number of hydrogen-bond donors (Lipinski definition) is 4. The minimum atomic E-state index is -2.44. The molecule has 1 aromatic carbocycles. The summed E-state index contributed by atoms with van der Waals surface area (Å²) in [5.41, 5.74) is 5.51. The highest BCUT2D eigenvalue weighted by Crippen LogP contribution is 2.40. The lowest BCUT2D eigenvalue weighted by Crippen LogP contribution is -2.67. The number of alkyl carbamates (subject to hydrolysis) is 1. The van der Waals surface area contributed by atoms with Crippen molar-refractivity contribution >= 4 is 38.0 Å². The highest BCUT2D eigenvalue weighted by Gasteiger charge is 2.51. The van der Waals surface area contributed by atoms with Crippen molar-refractivity contribution in [1.29, 1.82) is 0 Å². The molecule has 0 radical (unpaired) electrons. The highest BCUT2D eigenvalue weighted by molar-refractivity contribution is 7.99. The van der Waals surface area contributed by atoms with Crippen LogP contribution in [0.15, 0.2) is 43.0 Å². The molecular formula is C28H45N3O7SSi. The molecule has 3 amide bonds. The van der Waals surface area contributed by atoms with Gasteiger partial charge in [0.15, 0.2) is 8.32 Å². The largest absolute Gasteiger partial charge is 0.445 e. The summed E-state index contributed by atoms with van der Waals surface area (Å²) in [5, 5.41) is 17.0. The first-order valence-electron chi connectivity index (χ1n) is 13.5. The van der Waals surface area contributed by atoms with E-state index in [-0.39, 0.29) is 36.9 Å². The Hall–Kier alpha value is -2.38. The number of nitrogens with two attached hydrogens (primary N) is 1. The van der Waals surface area contributed by atoms with Gasteiger partial charge in [0.05, 0.1) is 18.6 Å². The molecule has 1 saturated heterocycles. The summed E-state index contributed by atoms with van der Waals surface area (Å²) in [6.07, 6.45) is -1.11. The number of hydrogen-bond acceptors (Lipinski definition) is 8. The maximum atomic E-state index is 12.7. The van der Waals surface area contributed by atoms with E-state index in [2.05, 4.69) is 51.1 Å². The van der Waals surface area contributed by atoms with Crippen molar-refractivity contribution in [2.75, 3.05) is 18.9 Å².